The van der Waals surface area contributed by atoms with Crippen LogP contribution in [-0.4, -0.2) is 71.7 Å². The van der Waals surface area contributed by atoms with E-state index in [0.717, 1.165) is 0 Å². The molecule has 8 rings (SSSR count). The van der Waals surface area contributed by atoms with Crippen molar-refractivity contribution < 1.29 is 38.1 Å². The molecule has 330 valence electrons. The Hall–Kier alpha value is 1.45. The van der Waals surface area contributed by atoms with Crippen molar-refractivity contribution >= 4 is 31.2 Å². The van der Waals surface area contributed by atoms with Crippen LogP contribution in [0.2, 0.25) is 0 Å². The second kappa shape index (κ2) is 25.1. The van der Waals surface area contributed by atoms with Crippen LogP contribution in [-0.2, 0) is 38.1 Å². The summed E-state index contributed by atoms with van der Waals surface area (Å²) in [5.41, 5.74) is 6.39. The van der Waals surface area contributed by atoms with Gasteiger partial charge in [0.15, 0.2) is 0 Å². The Bertz CT molecular complexity index is 877. The summed E-state index contributed by atoms with van der Waals surface area (Å²) < 4.78 is 20.8. The zero-order chi connectivity index (χ0) is 40.1. The SMILES string of the molecule is C1CCC(P(C2CCCCC2)C2CCCCC2)CC1.C1CCC(P(C2CCCCC2)C2CCCCC2)CC1.CC1(C)O[B-]OC1(C)C.CC1(C)O[B]OC1(C)C.[Ru+]. The molecule has 57 heavy (non-hydrogen) atoms. The first-order valence-corrected chi connectivity index (χ1v) is 27.8. The maximum atomic E-state index is 5.21. The van der Waals surface area contributed by atoms with Gasteiger partial charge in [0.2, 0.25) is 0 Å². The fourth-order valence-corrected chi connectivity index (χ4v) is 20.5. The summed E-state index contributed by atoms with van der Waals surface area (Å²) >= 11 is 0. The first-order chi connectivity index (χ1) is 26.8. The van der Waals surface area contributed by atoms with E-state index in [0.29, 0.717) is 15.8 Å². The van der Waals surface area contributed by atoms with Gasteiger partial charge in [0.25, 0.3) is 0 Å². The number of hydrogen-bond donors (Lipinski definition) is 0. The predicted molar refractivity (Wildman–Crippen MR) is 247 cm³/mol. The van der Waals surface area contributed by atoms with E-state index in [4.69, 9.17) is 18.6 Å². The summed E-state index contributed by atoms with van der Waals surface area (Å²) in [6, 6.07) is 0. The Morgan fingerprint density at radius 3 is 0.649 bits per heavy atom. The van der Waals surface area contributed by atoms with Crippen molar-refractivity contribution in [1.29, 1.82) is 0 Å². The van der Waals surface area contributed by atoms with Gasteiger partial charge >= 0.3 is 27.2 Å². The summed E-state index contributed by atoms with van der Waals surface area (Å²) in [6.07, 6.45) is 47.2. The van der Waals surface area contributed by atoms with Gasteiger partial charge in [-0.2, -0.15) is 0 Å². The van der Waals surface area contributed by atoms with Gasteiger partial charge in [-0.15, -0.1) is 0 Å². The zero-order valence-electron chi connectivity index (χ0n) is 38.7. The molecular formula is C48H90B2O4P2Ru. The summed E-state index contributed by atoms with van der Waals surface area (Å²) in [7, 11) is 3.60. The second-order valence-corrected chi connectivity index (χ2v) is 27.5. The molecule has 2 saturated heterocycles. The van der Waals surface area contributed by atoms with Crippen LogP contribution in [0.4, 0.5) is 0 Å². The monoisotopic (exact) mass is 917 g/mol. The molecule has 8 fully saturated rings. The quantitative estimate of drug-likeness (QED) is 0.197. The maximum Gasteiger partial charge on any atom is 1.00 e. The van der Waals surface area contributed by atoms with Crippen LogP contribution in [0.15, 0.2) is 0 Å². The fourth-order valence-electron chi connectivity index (χ4n) is 11.2. The first kappa shape index (κ1) is 51.1. The smallest absolute Gasteiger partial charge is 0.620 e. The first-order valence-electron chi connectivity index (χ1n) is 24.7. The van der Waals surface area contributed by atoms with Crippen molar-refractivity contribution in [2.75, 3.05) is 0 Å². The summed E-state index contributed by atoms with van der Waals surface area (Å²) in [4.78, 5) is 0. The molecule has 4 nitrogen and oxygen atoms in total. The minimum atomic E-state index is -0.188. The van der Waals surface area contributed by atoms with Crippen LogP contribution >= 0.6 is 15.8 Å². The molecule has 0 aromatic heterocycles. The molecule has 2 heterocycles. The summed E-state index contributed by atoms with van der Waals surface area (Å²) in [5, 5.41) is 0. The normalized spacial score (nSPS) is 28.8. The molecule has 9 heteroatoms. The maximum absolute atomic E-state index is 5.21. The van der Waals surface area contributed by atoms with E-state index in [2.05, 4.69) is 0 Å². The van der Waals surface area contributed by atoms with Crippen molar-refractivity contribution in [2.45, 2.75) is 304 Å². The van der Waals surface area contributed by atoms with Crippen LogP contribution < -0.4 is 0 Å². The van der Waals surface area contributed by atoms with Gasteiger partial charge in [0.05, 0.1) is 11.2 Å². The van der Waals surface area contributed by atoms with Gasteiger partial charge < -0.3 is 18.6 Å². The Kier molecular flexibility index (Phi) is 22.5. The predicted octanol–water partition coefficient (Wildman–Crippen LogP) is 15.2. The molecular weight excluding hydrogens is 825 g/mol. The molecule has 6 aliphatic carbocycles. The minimum Gasteiger partial charge on any atom is -0.620 e. The minimum absolute atomic E-state index is 0. The molecule has 0 spiro atoms. The summed E-state index contributed by atoms with van der Waals surface area (Å²) in [6.45, 7) is 16.1. The van der Waals surface area contributed by atoms with E-state index in [-0.39, 0.29) is 41.9 Å². The van der Waals surface area contributed by atoms with Gasteiger partial charge in [-0.05, 0) is 174 Å². The third-order valence-corrected chi connectivity index (χ3v) is 24.4. The molecule has 0 atom stereocenters. The van der Waals surface area contributed by atoms with Crippen LogP contribution in [0, 0.1) is 0 Å². The van der Waals surface area contributed by atoms with E-state index >= 15 is 0 Å². The molecule has 0 unspecified atom stereocenters. The van der Waals surface area contributed by atoms with Crippen LogP contribution in [0.5, 0.6) is 0 Å². The van der Waals surface area contributed by atoms with Crippen molar-refractivity contribution in [3.05, 3.63) is 0 Å². The largest absolute Gasteiger partial charge is 1.00 e. The van der Waals surface area contributed by atoms with E-state index < -0.39 is 0 Å². The second-order valence-electron chi connectivity index (χ2n) is 21.4. The Morgan fingerprint density at radius 1 is 0.333 bits per heavy atom. The molecule has 0 aromatic carbocycles. The molecule has 2 aliphatic heterocycles. The van der Waals surface area contributed by atoms with E-state index in [1.165, 1.54) is 87.8 Å². The van der Waals surface area contributed by atoms with Gasteiger partial charge in [-0.25, -0.2) is 0 Å². The van der Waals surface area contributed by atoms with Gasteiger partial charge in [-0.3, -0.25) is 0 Å². The average Bonchev–Trinajstić information content (AvgIpc) is 3.62. The topological polar surface area (TPSA) is 36.9 Å². The van der Waals surface area contributed by atoms with Crippen molar-refractivity contribution in [3.63, 3.8) is 0 Å². The average molecular weight is 916 g/mol. The van der Waals surface area contributed by atoms with Gasteiger partial charge in [-0.1, -0.05) is 131 Å². The van der Waals surface area contributed by atoms with Crippen molar-refractivity contribution in [1.82, 2.24) is 0 Å². The van der Waals surface area contributed by atoms with Gasteiger partial charge in [0, 0.05) is 11.2 Å². The third kappa shape index (κ3) is 15.3. The van der Waals surface area contributed by atoms with Crippen LogP contribution in [0.3, 0.4) is 0 Å². The molecule has 0 aromatic rings. The fraction of sp³-hybridized carbons (Fsp3) is 1.00. The zero-order valence-corrected chi connectivity index (χ0v) is 42.2. The van der Waals surface area contributed by atoms with E-state index in [9.17, 15) is 0 Å². The molecule has 0 bridgehead atoms. The van der Waals surface area contributed by atoms with Crippen molar-refractivity contribution in [2.24, 2.45) is 0 Å². The molecule has 6 saturated carbocycles. The Balaban J connectivity index is 0.000000178. The van der Waals surface area contributed by atoms with E-state index in [1.54, 1.807) is 154 Å². The van der Waals surface area contributed by atoms with E-state index in [1.807, 2.05) is 55.4 Å². The van der Waals surface area contributed by atoms with Crippen LogP contribution in [0.1, 0.15) is 248 Å². The molecule has 4 radical (unpaired) electrons. The Morgan fingerprint density at radius 2 is 0.526 bits per heavy atom. The molecule has 0 amide bonds. The standard InChI is InChI=1S/2C18H33P.2C6H12BO2.Ru/c2*1-4-10-16(11-5-1)19(17-12-6-2-7-13-17)18-14-8-3-9-15-18;2*1-5(2)6(3,4)9-7-8-5;/h2*16-18H,1-15H2;2*1-4H3;/q;;;-1;+1. The van der Waals surface area contributed by atoms with Crippen LogP contribution in [0.25, 0.3) is 0 Å². The Labute approximate surface area is 371 Å². The summed E-state index contributed by atoms with van der Waals surface area (Å²) in [5.74, 6) is 0. The molecule has 8 aliphatic rings. The number of hydrogen-bond acceptors (Lipinski definition) is 4. The van der Waals surface area contributed by atoms with Gasteiger partial charge in [0.1, 0.15) is 0 Å². The molecule has 0 N–H and O–H groups in total. The van der Waals surface area contributed by atoms with Crippen molar-refractivity contribution in [3.8, 4) is 0 Å². The third-order valence-electron chi connectivity index (χ3n) is 16.2. The number of rotatable bonds is 6.